The molecular formula is C14H14N6O2S2. The van der Waals surface area contributed by atoms with E-state index in [1.165, 1.54) is 11.8 Å². The number of carbonyl (C=O) groups excluding carboxylic acids is 1. The Morgan fingerprint density at radius 2 is 2.42 bits per heavy atom. The summed E-state index contributed by atoms with van der Waals surface area (Å²) in [5.41, 5.74) is 2.76. The van der Waals surface area contributed by atoms with E-state index >= 15 is 0 Å². The molecule has 0 aromatic carbocycles. The number of thioether (sulfide) groups is 1. The number of rotatable bonds is 8. The third-order valence-electron chi connectivity index (χ3n) is 2.74. The van der Waals surface area contributed by atoms with Crippen LogP contribution in [0.4, 0.5) is 5.95 Å². The number of hydrazone groups is 1. The van der Waals surface area contributed by atoms with Crippen LogP contribution in [0.1, 0.15) is 10.6 Å². The molecule has 8 nitrogen and oxygen atoms in total. The summed E-state index contributed by atoms with van der Waals surface area (Å²) in [6.45, 7) is 0.366. The van der Waals surface area contributed by atoms with Crippen LogP contribution in [-0.4, -0.2) is 33.1 Å². The maximum atomic E-state index is 11.7. The third-order valence-corrected chi connectivity index (χ3v) is 4.40. The maximum Gasteiger partial charge on any atom is 0.240 e. The van der Waals surface area contributed by atoms with E-state index in [2.05, 4.69) is 31.0 Å². The van der Waals surface area contributed by atoms with Gasteiger partial charge in [0.1, 0.15) is 5.76 Å². The standard InChI is InChI=1S/C14H14N6O2S2/c21-12(15-7-10-3-1-5-22-10)9-24-14-17-13(19-20-14)18-16-8-11-4-2-6-23-11/h1-6,8H,7,9H2,(H,15,21)(H2,17,18,19,20)/b16-8+. The first-order valence-corrected chi connectivity index (χ1v) is 8.83. The molecule has 0 aliphatic rings. The quantitative estimate of drug-likeness (QED) is 0.322. The number of nitrogens with zero attached hydrogens (tertiary/aromatic N) is 3. The van der Waals surface area contributed by atoms with E-state index < -0.39 is 0 Å². The van der Waals surface area contributed by atoms with Gasteiger partial charge in [0, 0.05) is 4.88 Å². The highest BCUT2D eigenvalue weighted by molar-refractivity contribution is 7.99. The van der Waals surface area contributed by atoms with Crippen LogP contribution in [0, 0.1) is 0 Å². The summed E-state index contributed by atoms with van der Waals surface area (Å²) in [7, 11) is 0. The third kappa shape index (κ3) is 4.96. The van der Waals surface area contributed by atoms with E-state index in [4.69, 9.17) is 4.42 Å². The van der Waals surface area contributed by atoms with Crippen molar-refractivity contribution in [1.29, 1.82) is 0 Å². The average Bonchev–Trinajstić information content (AvgIpc) is 3.33. The Morgan fingerprint density at radius 1 is 1.46 bits per heavy atom. The van der Waals surface area contributed by atoms with Crippen LogP contribution in [0.2, 0.25) is 0 Å². The van der Waals surface area contributed by atoms with Gasteiger partial charge in [0.2, 0.25) is 17.0 Å². The Bertz CT molecular complexity index is 782. The van der Waals surface area contributed by atoms with Crippen LogP contribution in [0.3, 0.4) is 0 Å². The Morgan fingerprint density at radius 3 is 3.21 bits per heavy atom. The molecule has 0 atom stereocenters. The zero-order valence-electron chi connectivity index (χ0n) is 12.4. The molecule has 0 saturated carbocycles. The number of carbonyl (C=O) groups is 1. The summed E-state index contributed by atoms with van der Waals surface area (Å²) < 4.78 is 5.14. The topological polar surface area (TPSA) is 108 Å². The monoisotopic (exact) mass is 362 g/mol. The van der Waals surface area contributed by atoms with Gasteiger partial charge in [-0.25, -0.2) is 10.5 Å². The Labute approximate surface area is 145 Å². The van der Waals surface area contributed by atoms with Crippen molar-refractivity contribution >= 4 is 41.2 Å². The second-order valence-corrected chi connectivity index (χ2v) is 6.42. The van der Waals surface area contributed by atoms with Crippen LogP contribution in [0.5, 0.6) is 0 Å². The summed E-state index contributed by atoms with van der Waals surface area (Å²) in [5, 5.41) is 16.0. The van der Waals surface area contributed by atoms with Crippen molar-refractivity contribution in [2.75, 3.05) is 11.2 Å². The molecule has 3 heterocycles. The Balaban J connectivity index is 1.40. The predicted molar refractivity (Wildman–Crippen MR) is 93.2 cm³/mol. The van der Waals surface area contributed by atoms with E-state index in [0.717, 1.165) is 4.88 Å². The van der Waals surface area contributed by atoms with Gasteiger partial charge in [0.05, 0.1) is 24.8 Å². The van der Waals surface area contributed by atoms with Crippen LogP contribution in [0.15, 0.2) is 50.6 Å². The average molecular weight is 362 g/mol. The number of thiophene rings is 1. The van der Waals surface area contributed by atoms with E-state index in [-0.39, 0.29) is 11.7 Å². The highest BCUT2D eigenvalue weighted by Gasteiger charge is 2.08. The molecule has 0 aliphatic carbocycles. The summed E-state index contributed by atoms with van der Waals surface area (Å²) in [6, 6.07) is 7.49. The second-order valence-electron chi connectivity index (χ2n) is 4.50. The minimum Gasteiger partial charge on any atom is -0.467 e. The fraction of sp³-hybridized carbons (Fsp3) is 0.143. The van der Waals surface area contributed by atoms with Crippen molar-refractivity contribution in [1.82, 2.24) is 20.5 Å². The Kier molecular flexibility index (Phi) is 5.64. The van der Waals surface area contributed by atoms with E-state index in [1.54, 1.807) is 35.9 Å². The molecule has 0 bridgehead atoms. The predicted octanol–water partition coefficient (Wildman–Crippen LogP) is 2.31. The summed E-state index contributed by atoms with van der Waals surface area (Å²) in [5.74, 6) is 1.23. The molecule has 24 heavy (non-hydrogen) atoms. The highest BCUT2D eigenvalue weighted by atomic mass is 32.2. The van der Waals surface area contributed by atoms with Gasteiger partial charge in [0.25, 0.3) is 0 Å². The number of anilines is 1. The van der Waals surface area contributed by atoms with Gasteiger partial charge in [-0.3, -0.25) is 4.79 Å². The molecule has 0 radical (unpaired) electrons. The lowest BCUT2D eigenvalue weighted by atomic mass is 10.4. The number of aromatic amines is 1. The minimum atomic E-state index is -0.119. The Hall–Kier alpha value is -2.59. The van der Waals surface area contributed by atoms with Crippen molar-refractivity contribution < 1.29 is 9.21 Å². The van der Waals surface area contributed by atoms with Crippen molar-refractivity contribution in [3.63, 3.8) is 0 Å². The van der Waals surface area contributed by atoms with Crippen molar-refractivity contribution in [2.24, 2.45) is 5.10 Å². The van der Waals surface area contributed by atoms with Crippen molar-refractivity contribution in [3.8, 4) is 0 Å². The second kappa shape index (κ2) is 8.31. The van der Waals surface area contributed by atoms with Crippen LogP contribution < -0.4 is 10.7 Å². The number of H-pyrrole nitrogens is 1. The first-order chi connectivity index (χ1) is 11.8. The zero-order valence-corrected chi connectivity index (χ0v) is 14.1. The van der Waals surface area contributed by atoms with E-state index in [1.807, 2.05) is 17.5 Å². The molecule has 0 fully saturated rings. The largest absolute Gasteiger partial charge is 0.467 e. The van der Waals surface area contributed by atoms with Crippen molar-refractivity contribution in [2.45, 2.75) is 11.7 Å². The molecule has 124 valence electrons. The highest BCUT2D eigenvalue weighted by Crippen LogP contribution is 2.13. The van der Waals surface area contributed by atoms with Crippen LogP contribution in [-0.2, 0) is 11.3 Å². The number of amides is 1. The molecule has 3 aromatic heterocycles. The van der Waals surface area contributed by atoms with Gasteiger partial charge in [-0.05, 0) is 23.6 Å². The molecule has 0 spiro atoms. The number of furan rings is 1. The number of aromatic nitrogens is 3. The summed E-state index contributed by atoms with van der Waals surface area (Å²) >= 11 is 2.82. The molecule has 3 rings (SSSR count). The molecule has 0 saturated heterocycles. The SMILES string of the molecule is O=C(CSc1n[nH]c(N/N=C/c2cccs2)n1)NCc1ccco1. The molecule has 1 amide bonds. The first-order valence-electron chi connectivity index (χ1n) is 6.96. The molecular weight excluding hydrogens is 348 g/mol. The van der Waals surface area contributed by atoms with E-state index in [0.29, 0.717) is 23.4 Å². The zero-order chi connectivity index (χ0) is 16.6. The lowest BCUT2D eigenvalue weighted by Crippen LogP contribution is -2.24. The van der Waals surface area contributed by atoms with Gasteiger partial charge in [-0.15, -0.1) is 16.4 Å². The van der Waals surface area contributed by atoms with Gasteiger partial charge in [0.15, 0.2) is 0 Å². The smallest absolute Gasteiger partial charge is 0.240 e. The summed E-state index contributed by atoms with van der Waals surface area (Å²) in [6.07, 6.45) is 3.27. The van der Waals surface area contributed by atoms with E-state index in [9.17, 15) is 4.79 Å². The lowest BCUT2D eigenvalue weighted by molar-refractivity contribution is -0.118. The maximum absolute atomic E-state index is 11.7. The molecule has 0 aliphatic heterocycles. The van der Waals surface area contributed by atoms with Gasteiger partial charge in [-0.2, -0.15) is 10.1 Å². The molecule has 10 heteroatoms. The minimum absolute atomic E-state index is 0.119. The van der Waals surface area contributed by atoms with Gasteiger partial charge < -0.3 is 9.73 Å². The number of hydrogen-bond acceptors (Lipinski definition) is 8. The fourth-order valence-electron chi connectivity index (χ4n) is 1.66. The molecule has 3 N–H and O–H groups in total. The first kappa shape index (κ1) is 16.3. The van der Waals surface area contributed by atoms with Crippen molar-refractivity contribution in [3.05, 3.63) is 46.5 Å². The number of hydrogen-bond donors (Lipinski definition) is 3. The lowest BCUT2D eigenvalue weighted by Gasteiger charge is -2.01. The fourth-order valence-corrected chi connectivity index (χ4v) is 2.88. The number of nitrogens with one attached hydrogen (secondary N) is 3. The van der Waals surface area contributed by atoms with Crippen LogP contribution in [0.25, 0.3) is 0 Å². The van der Waals surface area contributed by atoms with Gasteiger partial charge >= 0.3 is 0 Å². The molecule has 0 unspecified atom stereocenters. The van der Waals surface area contributed by atoms with Gasteiger partial charge in [-0.1, -0.05) is 17.8 Å². The normalized spacial score (nSPS) is 11.0. The summed E-state index contributed by atoms with van der Waals surface area (Å²) in [4.78, 5) is 17.0. The van der Waals surface area contributed by atoms with Crippen LogP contribution >= 0.6 is 23.1 Å². The molecule has 3 aromatic rings.